The highest BCUT2D eigenvalue weighted by Gasteiger charge is 2.49. The maximum atomic E-state index is 12.2. The molecule has 3 aliphatic rings. The van der Waals surface area contributed by atoms with E-state index in [-0.39, 0.29) is 30.2 Å². The van der Waals surface area contributed by atoms with Gasteiger partial charge in [0.05, 0.1) is 17.9 Å². The van der Waals surface area contributed by atoms with Gasteiger partial charge in [-0.15, -0.1) is 0 Å². The topological polar surface area (TPSA) is 83.7 Å². The van der Waals surface area contributed by atoms with Crippen molar-refractivity contribution >= 4 is 17.7 Å². The Kier molecular flexibility index (Phi) is 4.45. The highest BCUT2D eigenvalue weighted by Crippen LogP contribution is 2.46. The maximum absolute atomic E-state index is 12.2. The van der Waals surface area contributed by atoms with E-state index in [0.29, 0.717) is 31.8 Å². The van der Waals surface area contributed by atoms with Crippen LogP contribution in [0.4, 0.5) is 0 Å². The van der Waals surface area contributed by atoms with E-state index < -0.39 is 5.41 Å². The molecule has 6 heteroatoms. The van der Waals surface area contributed by atoms with Gasteiger partial charge < -0.3 is 5.73 Å². The second-order valence-corrected chi connectivity index (χ2v) is 7.40. The molecule has 0 radical (unpaired) electrons. The summed E-state index contributed by atoms with van der Waals surface area (Å²) >= 11 is 0. The molecule has 0 unspecified atom stereocenters. The summed E-state index contributed by atoms with van der Waals surface area (Å²) in [7, 11) is 1.55. The van der Waals surface area contributed by atoms with Crippen LogP contribution in [0, 0.1) is 11.3 Å². The number of carbonyl (C=O) groups excluding carboxylic acids is 3. The summed E-state index contributed by atoms with van der Waals surface area (Å²) < 4.78 is 0. The van der Waals surface area contributed by atoms with Crippen LogP contribution in [0.1, 0.15) is 51.4 Å². The van der Waals surface area contributed by atoms with E-state index in [1.54, 1.807) is 7.05 Å². The summed E-state index contributed by atoms with van der Waals surface area (Å²) in [5.41, 5.74) is 5.41. The second-order valence-electron chi connectivity index (χ2n) is 7.40. The number of piperidine rings is 1. The van der Waals surface area contributed by atoms with E-state index in [2.05, 4.69) is 4.90 Å². The van der Waals surface area contributed by atoms with Crippen molar-refractivity contribution in [2.45, 2.75) is 57.4 Å². The van der Waals surface area contributed by atoms with Crippen molar-refractivity contribution in [3.05, 3.63) is 0 Å². The molecule has 0 bridgehead atoms. The molecular weight excluding hydrogens is 294 g/mol. The van der Waals surface area contributed by atoms with Gasteiger partial charge in [0.2, 0.25) is 17.7 Å². The zero-order valence-electron chi connectivity index (χ0n) is 13.9. The van der Waals surface area contributed by atoms with Crippen molar-refractivity contribution in [1.29, 1.82) is 0 Å². The number of likely N-dealkylation sites (tertiary alicyclic amines) is 2. The van der Waals surface area contributed by atoms with Gasteiger partial charge in [0, 0.05) is 7.05 Å². The van der Waals surface area contributed by atoms with E-state index in [4.69, 9.17) is 5.73 Å². The Morgan fingerprint density at radius 3 is 2.22 bits per heavy atom. The predicted octanol–water partition coefficient (Wildman–Crippen LogP) is 0.891. The Morgan fingerprint density at radius 2 is 1.74 bits per heavy atom. The lowest BCUT2D eigenvalue weighted by Crippen LogP contribution is -2.54. The van der Waals surface area contributed by atoms with Crippen molar-refractivity contribution in [3.8, 4) is 0 Å². The Balaban J connectivity index is 1.69. The number of primary amides is 1. The first-order valence-electron chi connectivity index (χ1n) is 8.80. The molecule has 0 spiro atoms. The Morgan fingerprint density at radius 1 is 1.13 bits per heavy atom. The molecule has 0 aromatic rings. The molecule has 23 heavy (non-hydrogen) atoms. The maximum Gasteiger partial charge on any atom is 0.246 e. The monoisotopic (exact) mass is 321 g/mol. The smallest absolute Gasteiger partial charge is 0.246 e. The number of carbonyl (C=O) groups is 3. The van der Waals surface area contributed by atoms with Crippen molar-refractivity contribution in [2.75, 3.05) is 20.1 Å². The third-order valence-electron chi connectivity index (χ3n) is 6.37. The van der Waals surface area contributed by atoms with E-state index in [1.165, 1.54) is 24.2 Å². The van der Waals surface area contributed by atoms with Crippen LogP contribution in [0.3, 0.4) is 0 Å². The van der Waals surface area contributed by atoms with Gasteiger partial charge in [-0.05, 0) is 44.7 Å². The Labute approximate surface area is 137 Å². The second kappa shape index (κ2) is 6.23. The highest BCUT2D eigenvalue weighted by molar-refractivity contribution is 6.05. The van der Waals surface area contributed by atoms with Crippen LogP contribution in [-0.2, 0) is 14.4 Å². The molecule has 2 aliphatic heterocycles. The first kappa shape index (κ1) is 16.4. The molecule has 2 heterocycles. The van der Waals surface area contributed by atoms with E-state index >= 15 is 0 Å². The largest absolute Gasteiger partial charge is 0.369 e. The average Bonchev–Trinajstić information content (AvgIpc) is 2.83. The molecule has 3 rings (SSSR count). The molecule has 1 aliphatic carbocycles. The van der Waals surface area contributed by atoms with Crippen molar-refractivity contribution in [1.82, 2.24) is 9.80 Å². The summed E-state index contributed by atoms with van der Waals surface area (Å²) in [4.78, 5) is 39.5. The highest BCUT2D eigenvalue weighted by atomic mass is 16.2. The van der Waals surface area contributed by atoms with E-state index in [9.17, 15) is 14.4 Å². The van der Waals surface area contributed by atoms with Gasteiger partial charge in [-0.3, -0.25) is 24.2 Å². The number of nitrogens with zero attached hydrogens (tertiary/aromatic N) is 2. The fourth-order valence-corrected chi connectivity index (χ4v) is 4.77. The first-order chi connectivity index (χ1) is 11.0. The molecular formula is C17H27N3O3. The molecule has 3 fully saturated rings. The summed E-state index contributed by atoms with van der Waals surface area (Å²) in [6, 6.07) is -0.343. The minimum atomic E-state index is -0.408. The number of imide groups is 1. The van der Waals surface area contributed by atoms with Gasteiger partial charge >= 0.3 is 0 Å². The number of hydrogen-bond acceptors (Lipinski definition) is 4. The third-order valence-corrected chi connectivity index (χ3v) is 6.37. The lowest BCUT2D eigenvalue weighted by Gasteiger charge is -2.46. The molecule has 3 amide bonds. The van der Waals surface area contributed by atoms with Crippen LogP contribution in [-0.4, -0.2) is 53.7 Å². The zero-order valence-corrected chi connectivity index (χ0v) is 13.9. The van der Waals surface area contributed by atoms with Crippen LogP contribution in [0.5, 0.6) is 0 Å². The van der Waals surface area contributed by atoms with Crippen LogP contribution in [0.25, 0.3) is 0 Å². The molecule has 1 atom stereocenters. The molecule has 0 aromatic heterocycles. The minimum absolute atomic E-state index is 0.112. The van der Waals surface area contributed by atoms with Gasteiger partial charge in [-0.25, -0.2) is 0 Å². The van der Waals surface area contributed by atoms with Crippen molar-refractivity contribution in [2.24, 2.45) is 17.1 Å². The molecule has 2 saturated heterocycles. The SMILES string of the molecule is CN1C(=O)C[C@@H](N2CCC(C(N)=O)(C3CCCCC3)CC2)C1=O. The van der Waals surface area contributed by atoms with Crippen LogP contribution in [0.2, 0.25) is 0 Å². The average molecular weight is 321 g/mol. The summed E-state index contributed by atoms with van der Waals surface area (Å²) in [6.45, 7) is 1.36. The normalized spacial score (nSPS) is 30.0. The lowest BCUT2D eigenvalue weighted by molar-refractivity contribution is -0.139. The van der Waals surface area contributed by atoms with E-state index in [0.717, 1.165) is 12.8 Å². The Bertz CT molecular complexity index is 505. The number of nitrogens with two attached hydrogens (primary N) is 1. The first-order valence-corrected chi connectivity index (χ1v) is 8.80. The molecule has 128 valence electrons. The van der Waals surface area contributed by atoms with Gasteiger partial charge in [0.1, 0.15) is 0 Å². The number of likely N-dealkylation sites (N-methyl/N-ethyl adjacent to an activating group) is 1. The van der Waals surface area contributed by atoms with E-state index in [1.807, 2.05) is 0 Å². The van der Waals surface area contributed by atoms with Crippen LogP contribution in [0.15, 0.2) is 0 Å². The number of rotatable bonds is 3. The number of hydrogen-bond donors (Lipinski definition) is 1. The minimum Gasteiger partial charge on any atom is -0.369 e. The third kappa shape index (κ3) is 2.77. The molecule has 2 N–H and O–H groups in total. The van der Waals surface area contributed by atoms with Gasteiger partial charge in [0.25, 0.3) is 0 Å². The van der Waals surface area contributed by atoms with Crippen LogP contribution >= 0.6 is 0 Å². The molecule has 1 saturated carbocycles. The van der Waals surface area contributed by atoms with Crippen molar-refractivity contribution < 1.29 is 14.4 Å². The standard InChI is InChI=1S/C17H27N3O3/c1-19-14(21)11-13(15(19)22)20-9-7-17(8-10-20,16(18)23)12-5-3-2-4-6-12/h12-13H,2-11H2,1H3,(H2,18,23)/t13-/m1/s1. The fourth-order valence-electron chi connectivity index (χ4n) is 4.77. The van der Waals surface area contributed by atoms with Gasteiger partial charge in [0.15, 0.2) is 0 Å². The summed E-state index contributed by atoms with van der Waals surface area (Å²) in [5.74, 6) is -0.00672. The molecule has 0 aromatic carbocycles. The van der Waals surface area contributed by atoms with Gasteiger partial charge in [-0.1, -0.05) is 19.3 Å². The summed E-state index contributed by atoms with van der Waals surface area (Å²) in [5, 5.41) is 0. The summed E-state index contributed by atoms with van der Waals surface area (Å²) in [6.07, 6.45) is 7.50. The van der Waals surface area contributed by atoms with Crippen LogP contribution < -0.4 is 5.73 Å². The van der Waals surface area contributed by atoms with Gasteiger partial charge in [-0.2, -0.15) is 0 Å². The number of amides is 3. The molecule has 6 nitrogen and oxygen atoms in total. The Hall–Kier alpha value is -1.43. The van der Waals surface area contributed by atoms with Crippen molar-refractivity contribution in [3.63, 3.8) is 0 Å². The lowest BCUT2D eigenvalue weighted by atomic mass is 9.63. The fraction of sp³-hybridized carbons (Fsp3) is 0.824. The zero-order chi connectivity index (χ0) is 16.6. The predicted molar refractivity (Wildman–Crippen MR) is 85.2 cm³/mol. The quantitative estimate of drug-likeness (QED) is 0.783.